The summed E-state index contributed by atoms with van der Waals surface area (Å²) in [6, 6.07) is 8.59. The minimum Gasteiger partial charge on any atom is -0.508 e. The van der Waals surface area contributed by atoms with E-state index in [1.54, 1.807) is 0 Å². The molecule has 3 heterocycles. The van der Waals surface area contributed by atoms with Crippen molar-refractivity contribution >= 4 is 52.6 Å². The van der Waals surface area contributed by atoms with Crippen molar-refractivity contribution in [2.45, 2.75) is 36.7 Å². The van der Waals surface area contributed by atoms with Gasteiger partial charge >= 0.3 is 12.5 Å². The number of allylic oxidation sites excluding steroid dienone is 2. The number of amides is 4. The number of phenols is 1. The smallest absolute Gasteiger partial charge is 0.508 e. The van der Waals surface area contributed by atoms with Crippen LogP contribution in [0.15, 0.2) is 66.4 Å². The Labute approximate surface area is 298 Å². The molecule has 11 nitrogen and oxygen atoms in total. The Kier molecular flexibility index (Phi) is 8.27. The average Bonchev–Trinajstić information content (AvgIpc) is 3.42. The van der Waals surface area contributed by atoms with Crippen molar-refractivity contribution in [2.75, 3.05) is 5.43 Å². The molecule has 7 rings (SSSR count). The summed E-state index contributed by atoms with van der Waals surface area (Å²) in [5.41, 5.74) is -1.04. The van der Waals surface area contributed by atoms with E-state index in [4.69, 9.17) is 23.2 Å². The molecule has 19 heteroatoms. The van der Waals surface area contributed by atoms with Crippen LogP contribution in [0.4, 0.5) is 32.2 Å². The van der Waals surface area contributed by atoms with Gasteiger partial charge < -0.3 is 9.84 Å². The first kappa shape index (κ1) is 35.5. The summed E-state index contributed by atoms with van der Waals surface area (Å²) < 4.78 is 84.5. The normalized spacial score (nSPS) is 27.3. The number of nitrogens with zero attached hydrogens (tertiary/aromatic N) is 3. The van der Waals surface area contributed by atoms with Crippen molar-refractivity contribution in [3.8, 4) is 11.5 Å². The van der Waals surface area contributed by atoms with E-state index in [-0.39, 0.29) is 39.6 Å². The van der Waals surface area contributed by atoms with Crippen molar-refractivity contribution in [3.63, 3.8) is 0 Å². The minimum absolute atomic E-state index is 0.0365. The number of hydrogen-bond donors (Lipinski definition) is 3. The number of fused-ring (bicyclic) bond motifs is 4. The van der Waals surface area contributed by atoms with E-state index in [2.05, 4.69) is 15.1 Å². The topological polar surface area (TPSA) is 149 Å². The number of ether oxygens (including phenoxy) is 1. The number of hydrogen-bond acceptors (Lipinski definition) is 9. The lowest BCUT2D eigenvalue weighted by Gasteiger charge is -2.50. The molecule has 0 bridgehead atoms. The van der Waals surface area contributed by atoms with Gasteiger partial charge in [0.1, 0.15) is 11.5 Å². The molecule has 0 radical (unpaired) electrons. The maximum atomic E-state index is 15.0. The first-order valence-corrected chi connectivity index (χ1v) is 16.1. The van der Waals surface area contributed by atoms with E-state index >= 15 is 4.79 Å². The van der Waals surface area contributed by atoms with Crippen LogP contribution in [0.25, 0.3) is 0 Å². The molecule has 4 aliphatic rings. The number of nitrogens with one attached hydrogen (secondary N) is 1. The first-order valence-electron chi connectivity index (χ1n) is 15.3. The van der Waals surface area contributed by atoms with Crippen LogP contribution < -0.4 is 10.2 Å². The number of carbonyl (C=O) groups excluding carboxylic acids is 4. The Morgan fingerprint density at radius 1 is 0.923 bits per heavy atom. The summed E-state index contributed by atoms with van der Waals surface area (Å²) >= 11 is 12.3. The zero-order valence-corrected chi connectivity index (χ0v) is 27.4. The van der Waals surface area contributed by atoms with E-state index in [9.17, 15) is 51.0 Å². The number of aromatic nitrogens is 1. The molecule has 2 aromatic carbocycles. The highest BCUT2D eigenvalue weighted by molar-refractivity contribution is 6.33. The number of benzene rings is 2. The molecule has 3 N–H and O–H groups in total. The third-order valence-electron chi connectivity index (χ3n) is 10.1. The number of hydroxylamine groups is 2. The molecule has 1 saturated carbocycles. The molecule has 2 aliphatic heterocycles. The van der Waals surface area contributed by atoms with Crippen molar-refractivity contribution in [2.24, 2.45) is 23.7 Å². The highest BCUT2D eigenvalue weighted by atomic mass is 35.5. The molecular weight excluding hydrogens is 749 g/mol. The molecule has 2 aliphatic carbocycles. The van der Waals surface area contributed by atoms with Gasteiger partial charge in [0.05, 0.1) is 33.8 Å². The van der Waals surface area contributed by atoms with Crippen LogP contribution in [0, 0.1) is 23.7 Å². The third-order valence-corrected chi connectivity index (χ3v) is 10.6. The lowest BCUT2D eigenvalue weighted by molar-refractivity contribution is -0.274. The van der Waals surface area contributed by atoms with Crippen molar-refractivity contribution < 1.29 is 60.6 Å². The van der Waals surface area contributed by atoms with Gasteiger partial charge in [-0.05, 0) is 60.7 Å². The predicted molar refractivity (Wildman–Crippen MR) is 165 cm³/mol. The van der Waals surface area contributed by atoms with E-state index in [1.165, 1.54) is 30.3 Å². The summed E-state index contributed by atoms with van der Waals surface area (Å²) in [6.07, 6.45) is -8.62. The quantitative estimate of drug-likeness (QED) is 0.116. The van der Waals surface area contributed by atoms with Gasteiger partial charge in [0, 0.05) is 22.7 Å². The number of anilines is 1. The molecule has 0 spiro atoms. The number of rotatable bonds is 5. The predicted octanol–water partition coefficient (Wildman–Crippen LogP) is 6.39. The number of alkyl halides is 6. The van der Waals surface area contributed by atoms with Gasteiger partial charge in [-0.25, -0.2) is 4.98 Å². The van der Waals surface area contributed by atoms with Gasteiger partial charge in [-0.3, -0.25) is 29.8 Å². The van der Waals surface area contributed by atoms with Crippen molar-refractivity contribution in [3.05, 3.63) is 93.1 Å². The molecule has 1 aromatic heterocycles. The second kappa shape index (κ2) is 12.1. The van der Waals surface area contributed by atoms with Gasteiger partial charge in [0.25, 0.3) is 23.6 Å². The number of imide groups is 2. The van der Waals surface area contributed by atoms with Crippen LogP contribution in [-0.4, -0.2) is 55.4 Å². The number of phenolic OH excluding ortho intramolecular Hbond substituents is 1. The van der Waals surface area contributed by atoms with E-state index in [0.717, 1.165) is 18.2 Å². The van der Waals surface area contributed by atoms with Gasteiger partial charge in [-0.15, -0.1) is 13.2 Å². The van der Waals surface area contributed by atoms with Crippen LogP contribution in [0.3, 0.4) is 0 Å². The Balaban J connectivity index is 1.47. The summed E-state index contributed by atoms with van der Waals surface area (Å²) in [5.74, 6) is -12.5. The summed E-state index contributed by atoms with van der Waals surface area (Å²) in [4.78, 5) is 59.4. The molecule has 3 aromatic rings. The summed E-state index contributed by atoms with van der Waals surface area (Å²) in [6.45, 7) is 0. The monoisotopic (exact) mass is 770 g/mol. The third kappa shape index (κ3) is 5.44. The minimum atomic E-state index is -5.19. The summed E-state index contributed by atoms with van der Waals surface area (Å²) in [5, 5.41) is 21.6. The second-order valence-corrected chi connectivity index (χ2v) is 13.5. The molecular formula is C33H22Cl2F6N4O7. The van der Waals surface area contributed by atoms with Gasteiger partial charge in [-0.2, -0.15) is 23.2 Å². The molecule has 52 heavy (non-hydrogen) atoms. The van der Waals surface area contributed by atoms with Crippen LogP contribution in [-0.2, 0) is 30.8 Å². The number of halogens is 8. The number of pyridine rings is 1. The van der Waals surface area contributed by atoms with E-state index in [0.29, 0.717) is 17.3 Å². The van der Waals surface area contributed by atoms with Crippen LogP contribution in [0.5, 0.6) is 11.5 Å². The largest absolute Gasteiger partial charge is 0.573 e. The van der Waals surface area contributed by atoms with Crippen molar-refractivity contribution in [1.29, 1.82) is 0 Å². The number of carbonyl (C=O) groups is 4. The molecule has 3 fully saturated rings. The standard InChI is InChI=1S/C33H22Cl2F6N4O7/c34-15-3-1-13(2-4-15)31-21(28(48)44(30(31)50)43-26-22(35)9-14(12-42-26)32(36,37)38)11-19-17(6-7-18-24(19)29(49)45(51)27(18)47)25(31)20-10-16(5-8-23(20)46)52-33(39,40)41/h1-6,8-10,12,18-19,21,24-25,46,51H,7,11H2,(H,42,43). The number of aromatic hydroxyl groups is 1. The fraction of sp³-hybridized carbons (Fsp3) is 0.303. The maximum absolute atomic E-state index is 15.0. The Bertz CT molecular complexity index is 2080. The van der Waals surface area contributed by atoms with Crippen molar-refractivity contribution in [1.82, 2.24) is 15.1 Å². The Morgan fingerprint density at radius 2 is 1.62 bits per heavy atom. The Morgan fingerprint density at radius 3 is 2.25 bits per heavy atom. The zero-order chi connectivity index (χ0) is 37.7. The fourth-order valence-electron chi connectivity index (χ4n) is 8.07. The van der Waals surface area contributed by atoms with Gasteiger partial charge in [-0.1, -0.05) is 47.0 Å². The van der Waals surface area contributed by atoms with E-state index in [1.807, 2.05) is 0 Å². The zero-order valence-electron chi connectivity index (χ0n) is 25.9. The highest BCUT2D eigenvalue weighted by Crippen LogP contribution is 2.65. The van der Waals surface area contributed by atoms with Crippen LogP contribution >= 0.6 is 23.2 Å². The van der Waals surface area contributed by atoms with E-state index < -0.39 is 99.1 Å². The summed E-state index contributed by atoms with van der Waals surface area (Å²) in [7, 11) is 0. The molecule has 6 atom stereocenters. The Hall–Kier alpha value is -4.87. The van der Waals surface area contributed by atoms with Crippen LogP contribution in [0.2, 0.25) is 10.0 Å². The van der Waals surface area contributed by atoms with Crippen LogP contribution in [0.1, 0.15) is 35.4 Å². The highest BCUT2D eigenvalue weighted by Gasteiger charge is 2.71. The number of hydrazine groups is 1. The maximum Gasteiger partial charge on any atom is 0.573 e. The van der Waals surface area contributed by atoms with Gasteiger partial charge in [0.2, 0.25) is 0 Å². The second-order valence-electron chi connectivity index (χ2n) is 12.7. The molecule has 4 amide bonds. The first-order chi connectivity index (χ1) is 24.3. The fourth-order valence-corrected chi connectivity index (χ4v) is 8.41. The average molecular weight is 771 g/mol. The lowest BCUT2D eigenvalue weighted by Crippen LogP contribution is -2.53. The molecule has 2 saturated heterocycles. The SMILES string of the molecule is O=C1C2CC=C3C(CC4C(=O)N(Nc5ncc(C(F)(F)F)cc5Cl)C(=O)C4(c4ccc(Cl)cc4)C3c3cc(OC(F)(F)F)ccc3O)C2C(=O)N1O. The molecule has 272 valence electrons. The van der Waals surface area contributed by atoms with Gasteiger partial charge in [0.15, 0.2) is 5.82 Å². The lowest BCUT2D eigenvalue weighted by atomic mass is 9.49. The molecule has 6 unspecified atom stereocenters.